The van der Waals surface area contributed by atoms with Gasteiger partial charge in [0.1, 0.15) is 0 Å². The van der Waals surface area contributed by atoms with Gasteiger partial charge in [-0.1, -0.05) is 25.0 Å². The lowest BCUT2D eigenvalue weighted by molar-refractivity contribution is 0.700. The number of nitrogens with zero attached hydrogens (tertiary/aromatic N) is 2. The highest BCUT2D eigenvalue weighted by atomic mass is 16.1. The van der Waals surface area contributed by atoms with Crippen molar-refractivity contribution >= 4 is 16.9 Å². The number of nitrogens with one attached hydrogen (secondary N) is 1. The number of anilines is 1. The molecular weight excluding hydrogens is 226 g/mol. The van der Waals surface area contributed by atoms with Crippen LogP contribution in [0.25, 0.3) is 10.9 Å². The van der Waals surface area contributed by atoms with Gasteiger partial charge in [-0.15, -0.1) is 0 Å². The maximum atomic E-state index is 11.9. The van der Waals surface area contributed by atoms with Gasteiger partial charge >= 0.3 is 0 Å². The van der Waals surface area contributed by atoms with E-state index in [9.17, 15) is 4.79 Å². The van der Waals surface area contributed by atoms with E-state index in [0.717, 1.165) is 18.0 Å². The van der Waals surface area contributed by atoms with Crippen molar-refractivity contribution in [2.45, 2.75) is 19.3 Å². The van der Waals surface area contributed by atoms with Crippen LogP contribution in [0.2, 0.25) is 0 Å². The first-order chi connectivity index (χ1) is 8.74. The average molecular weight is 243 g/mol. The predicted octanol–water partition coefficient (Wildman–Crippen LogP) is 2.16. The van der Waals surface area contributed by atoms with Gasteiger partial charge in [0.15, 0.2) is 0 Å². The second-order valence-electron chi connectivity index (χ2n) is 5.06. The Bertz CT molecular complexity index is 616. The van der Waals surface area contributed by atoms with E-state index >= 15 is 0 Å². The normalized spacial score (nSPS) is 14.9. The Morgan fingerprint density at radius 2 is 2.17 bits per heavy atom. The molecule has 1 aliphatic carbocycles. The lowest BCUT2D eigenvalue weighted by Crippen LogP contribution is -2.24. The maximum Gasteiger partial charge on any atom is 0.260 e. The summed E-state index contributed by atoms with van der Waals surface area (Å²) < 4.78 is 0. The number of fused-ring (bicyclic) bond motifs is 1. The maximum absolute atomic E-state index is 11.9. The van der Waals surface area contributed by atoms with Gasteiger partial charge in [0.2, 0.25) is 5.95 Å². The van der Waals surface area contributed by atoms with Crippen LogP contribution in [-0.2, 0) is 0 Å². The van der Waals surface area contributed by atoms with Crippen molar-refractivity contribution in [3.8, 4) is 0 Å². The van der Waals surface area contributed by atoms with Crippen molar-refractivity contribution in [2.75, 3.05) is 18.5 Å². The highest BCUT2D eigenvalue weighted by Gasteiger charge is 2.21. The van der Waals surface area contributed by atoms with Crippen molar-refractivity contribution in [2.24, 2.45) is 5.92 Å². The molecule has 0 radical (unpaired) electrons. The molecule has 1 aliphatic rings. The Hall–Kier alpha value is -1.84. The van der Waals surface area contributed by atoms with Gasteiger partial charge in [-0.3, -0.25) is 9.78 Å². The molecule has 0 unspecified atom stereocenters. The van der Waals surface area contributed by atoms with Crippen molar-refractivity contribution in [3.05, 3.63) is 34.6 Å². The summed E-state index contributed by atoms with van der Waals surface area (Å²) in [5, 5.41) is 0.650. The highest BCUT2D eigenvalue weighted by molar-refractivity contribution is 5.78. The van der Waals surface area contributed by atoms with E-state index in [1.54, 1.807) is 6.07 Å². The van der Waals surface area contributed by atoms with E-state index in [1.807, 2.05) is 30.1 Å². The number of hydrogen-bond donors (Lipinski definition) is 1. The fourth-order valence-electron chi connectivity index (χ4n) is 2.14. The molecule has 0 spiro atoms. The number of benzene rings is 1. The van der Waals surface area contributed by atoms with Crippen LogP contribution in [-0.4, -0.2) is 23.6 Å². The van der Waals surface area contributed by atoms with E-state index < -0.39 is 0 Å². The highest BCUT2D eigenvalue weighted by Crippen LogP contribution is 2.32. The summed E-state index contributed by atoms with van der Waals surface area (Å²) in [6.45, 7) is 0.950. The number of hydrogen-bond acceptors (Lipinski definition) is 3. The monoisotopic (exact) mass is 243 g/mol. The summed E-state index contributed by atoms with van der Waals surface area (Å²) in [7, 11) is 1.98. The molecule has 0 saturated heterocycles. The Morgan fingerprint density at radius 3 is 2.94 bits per heavy atom. The minimum absolute atomic E-state index is 0.0612. The summed E-state index contributed by atoms with van der Waals surface area (Å²) in [5.41, 5.74) is 0.698. The molecule has 0 atom stereocenters. The minimum atomic E-state index is -0.0612. The third-order valence-electron chi connectivity index (χ3n) is 3.53. The molecular formula is C14H17N3O. The molecule has 0 aliphatic heterocycles. The largest absolute Gasteiger partial charge is 0.345 e. The number of H-pyrrole nitrogens is 1. The molecule has 1 fully saturated rings. The van der Waals surface area contributed by atoms with Gasteiger partial charge in [0.25, 0.3) is 5.56 Å². The average Bonchev–Trinajstić information content (AvgIpc) is 3.20. The number of para-hydroxylation sites is 1. The summed E-state index contributed by atoms with van der Waals surface area (Å²) in [4.78, 5) is 21.3. The molecule has 1 aromatic carbocycles. The summed E-state index contributed by atoms with van der Waals surface area (Å²) in [5.74, 6) is 1.55. The molecule has 4 heteroatoms. The van der Waals surface area contributed by atoms with Crippen LogP contribution >= 0.6 is 0 Å². The number of aromatic nitrogens is 2. The standard InChI is InChI=1S/C14H17N3O/c1-17(9-8-10-6-7-10)14-15-12-5-3-2-4-11(12)13(18)16-14/h2-5,10H,6-9H2,1H3,(H,15,16,18). The van der Waals surface area contributed by atoms with E-state index in [4.69, 9.17) is 0 Å². The molecule has 0 amide bonds. The first kappa shape index (κ1) is 11.3. The van der Waals surface area contributed by atoms with Crippen LogP contribution < -0.4 is 10.5 Å². The van der Waals surface area contributed by atoms with Crippen molar-refractivity contribution in [1.82, 2.24) is 9.97 Å². The Balaban J connectivity index is 1.88. The Morgan fingerprint density at radius 1 is 1.39 bits per heavy atom. The van der Waals surface area contributed by atoms with Crippen molar-refractivity contribution in [3.63, 3.8) is 0 Å². The van der Waals surface area contributed by atoms with E-state index in [-0.39, 0.29) is 5.56 Å². The van der Waals surface area contributed by atoms with Crippen LogP contribution in [0.15, 0.2) is 29.1 Å². The van der Waals surface area contributed by atoms with Crippen LogP contribution in [0.5, 0.6) is 0 Å². The molecule has 18 heavy (non-hydrogen) atoms. The second-order valence-corrected chi connectivity index (χ2v) is 5.06. The van der Waals surface area contributed by atoms with Crippen LogP contribution in [0, 0.1) is 5.92 Å². The molecule has 1 saturated carbocycles. The molecule has 1 N–H and O–H groups in total. The fourth-order valence-corrected chi connectivity index (χ4v) is 2.14. The third kappa shape index (κ3) is 2.23. The van der Waals surface area contributed by atoms with E-state index in [2.05, 4.69) is 9.97 Å². The number of rotatable bonds is 4. The van der Waals surface area contributed by atoms with Gasteiger partial charge in [-0.05, 0) is 24.5 Å². The van der Waals surface area contributed by atoms with Gasteiger partial charge < -0.3 is 4.90 Å². The van der Waals surface area contributed by atoms with Gasteiger partial charge in [-0.25, -0.2) is 4.98 Å². The molecule has 1 heterocycles. The molecule has 2 aromatic rings. The van der Waals surface area contributed by atoms with Gasteiger partial charge in [0, 0.05) is 13.6 Å². The quantitative estimate of drug-likeness (QED) is 0.895. The molecule has 94 valence electrons. The zero-order valence-electron chi connectivity index (χ0n) is 10.5. The fraction of sp³-hybridized carbons (Fsp3) is 0.429. The first-order valence-corrected chi connectivity index (χ1v) is 6.44. The molecule has 0 bridgehead atoms. The SMILES string of the molecule is CN(CCC1CC1)c1nc2ccccc2c(=O)[nH]1. The molecule has 4 nitrogen and oxygen atoms in total. The molecule has 3 rings (SSSR count). The van der Waals surface area contributed by atoms with Crippen LogP contribution in [0.3, 0.4) is 0 Å². The van der Waals surface area contributed by atoms with Gasteiger partial charge in [0.05, 0.1) is 10.9 Å². The topological polar surface area (TPSA) is 49.0 Å². The van der Waals surface area contributed by atoms with Crippen molar-refractivity contribution in [1.29, 1.82) is 0 Å². The Labute approximate surface area is 106 Å². The summed E-state index contributed by atoms with van der Waals surface area (Å²) in [6, 6.07) is 7.44. The molecule has 1 aromatic heterocycles. The summed E-state index contributed by atoms with van der Waals surface area (Å²) >= 11 is 0. The number of aromatic amines is 1. The summed E-state index contributed by atoms with van der Waals surface area (Å²) in [6.07, 6.45) is 3.90. The van der Waals surface area contributed by atoms with E-state index in [1.165, 1.54) is 19.3 Å². The lowest BCUT2D eigenvalue weighted by Gasteiger charge is -2.17. The zero-order valence-corrected chi connectivity index (χ0v) is 10.5. The van der Waals surface area contributed by atoms with Crippen molar-refractivity contribution < 1.29 is 0 Å². The first-order valence-electron chi connectivity index (χ1n) is 6.44. The third-order valence-corrected chi connectivity index (χ3v) is 3.53. The lowest BCUT2D eigenvalue weighted by atomic mass is 10.2. The predicted molar refractivity (Wildman–Crippen MR) is 73.0 cm³/mol. The van der Waals surface area contributed by atoms with Gasteiger partial charge in [-0.2, -0.15) is 0 Å². The van der Waals surface area contributed by atoms with Crippen LogP contribution in [0.1, 0.15) is 19.3 Å². The van der Waals surface area contributed by atoms with Crippen LogP contribution in [0.4, 0.5) is 5.95 Å². The smallest absolute Gasteiger partial charge is 0.260 e. The minimum Gasteiger partial charge on any atom is -0.345 e. The Kier molecular flexibility index (Phi) is 2.78. The zero-order chi connectivity index (χ0) is 12.5. The second kappa shape index (κ2) is 4.44. The van der Waals surface area contributed by atoms with E-state index in [0.29, 0.717) is 11.3 Å².